The standard InChI is InChI=1S/C14H16ClN5O4S.CH4/c1-8-4-5-23-14(24-8)11-9(6-16)7-17-20(11)12-10(15)13(19(2)18-12)25(3,21)22;/h7-8,14H,4-5H2,1-3H3;1H4. The summed E-state index contributed by atoms with van der Waals surface area (Å²) in [5.41, 5.74) is 0.566. The van der Waals surface area contributed by atoms with Crippen LogP contribution in [0.15, 0.2) is 11.2 Å². The van der Waals surface area contributed by atoms with E-state index in [1.165, 1.54) is 17.9 Å². The van der Waals surface area contributed by atoms with Gasteiger partial charge in [0.2, 0.25) is 6.29 Å². The summed E-state index contributed by atoms with van der Waals surface area (Å²) in [5, 5.41) is 17.4. The van der Waals surface area contributed by atoms with Crippen LogP contribution in [0.2, 0.25) is 5.02 Å². The zero-order valence-corrected chi connectivity index (χ0v) is 15.4. The van der Waals surface area contributed by atoms with Gasteiger partial charge in [0, 0.05) is 13.3 Å². The third kappa shape index (κ3) is 3.48. The van der Waals surface area contributed by atoms with E-state index in [-0.39, 0.29) is 35.0 Å². The van der Waals surface area contributed by atoms with Gasteiger partial charge in [-0.25, -0.2) is 13.1 Å². The molecule has 0 saturated carbocycles. The average molecular weight is 402 g/mol. The Morgan fingerprint density at radius 3 is 2.69 bits per heavy atom. The molecule has 2 atom stereocenters. The van der Waals surface area contributed by atoms with Crippen molar-refractivity contribution in [3.63, 3.8) is 0 Å². The second-order valence-corrected chi connectivity index (χ2v) is 8.05. The first-order valence-electron chi connectivity index (χ1n) is 7.42. The van der Waals surface area contributed by atoms with Crippen LogP contribution in [0, 0.1) is 11.3 Å². The van der Waals surface area contributed by atoms with Gasteiger partial charge in [-0.1, -0.05) is 19.0 Å². The van der Waals surface area contributed by atoms with Crippen molar-refractivity contribution in [3.8, 4) is 11.9 Å². The fourth-order valence-electron chi connectivity index (χ4n) is 2.65. The van der Waals surface area contributed by atoms with E-state index in [0.717, 1.165) is 17.4 Å². The summed E-state index contributed by atoms with van der Waals surface area (Å²) in [6.45, 7) is 2.37. The maximum atomic E-state index is 11.9. The van der Waals surface area contributed by atoms with Gasteiger partial charge in [-0.15, -0.1) is 0 Å². The van der Waals surface area contributed by atoms with Crippen molar-refractivity contribution in [2.24, 2.45) is 7.05 Å². The summed E-state index contributed by atoms with van der Waals surface area (Å²) < 4.78 is 37.7. The second-order valence-electron chi connectivity index (χ2n) is 5.74. The molecule has 142 valence electrons. The molecule has 11 heteroatoms. The first kappa shape index (κ1) is 20.4. The Bertz CT molecular complexity index is 960. The molecule has 3 rings (SSSR count). The van der Waals surface area contributed by atoms with Gasteiger partial charge in [-0.05, 0) is 13.3 Å². The number of nitrogens with zero attached hydrogens (tertiary/aromatic N) is 5. The van der Waals surface area contributed by atoms with Crippen molar-refractivity contribution >= 4 is 21.4 Å². The quantitative estimate of drug-likeness (QED) is 0.772. The largest absolute Gasteiger partial charge is 0.347 e. The van der Waals surface area contributed by atoms with Gasteiger partial charge >= 0.3 is 0 Å². The molecular formula is C15H20ClN5O4S. The molecule has 1 fully saturated rings. The number of halogens is 1. The molecule has 9 nitrogen and oxygen atoms in total. The summed E-state index contributed by atoms with van der Waals surface area (Å²) in [6.07, 6.45) is 2.24. The monoisotopic (exact) mass is 401 g/mol. The van der Waals surface area contributed by atoms with Gasteiger partial charge in [0.1, 0.15) is 16.8 Å². The SMILES string of the molecule is C.CC1CCOC(c2c(C#N)cnn2-c2nn(C)c(S(C)(=O)=O)c2Cl)O1. The predicted molar refractivity (Wildman–Crippen MR) is 93.8 cm³/mol. The van der Waals surface area contributed by atoms with Crippen LogP contribution in [0.4, 0.5) is 0 Å². The maximum Gasteiger partial charge on any atom is 0.202 e. The minimum Gasteiger partial charge on any atom is -0.347 e. The molecule has 0 bridgehead atoms. The van der Waals surface area contributed by atoms with Crippen LogP contribution in [0.3, 0.4) is 0 Å². The zero-order chi connectivity index (χ0) is 18.4. The first-order valence-corrected chi connectivity index (χ1v) is 9.69. The number of aromatic nitrogens is 4. The molecule has 2 aromatic heterocycles. The normalized spacial score (nSPS) is 20.4. The lowest BCUT2D eigenvalue weighted by molar-refractivity contribution is -0.215. The Hall–Kier alpha value is -1.93. The first-order chi connectivity index (χ1) is 11.7. The molecular weight excluding hydrogens is 382 g/mol. The third-order valence-electron chi connectivity index (χ3n) is 3.77. The van der Waals surface area contributed by atoms with Crippen molar-refractivity contribution in [1.82, 2.24) is 19.6 Å². The highest BCUT2D eigenvalue weighted by Crippen LogP contribution is 2.33. The molecule has 0 aliphatic carbocycles. The molecule has 26 heavy (non-hydrogen) atoms. The highest BCUT2D eigenvalue weighted by Gasteiger charge is 2.32. The summed E-state index contributed by atoms with van der Waals surface area (Å²) in [7, 11) is -2.13. The molecule has 1 saturated heterocycles. The van der Waals surface area contributed by atoms with E-state index in [1.807, 2.05) is 13.0 Å². The highest BCUT2D eigenvalue weighted by molar-refractivity contribution is 7.90. The fourth-order valence-corrected chi connectivity index (χ4v) is 4.25. The molecule has 0 spiro atoms. The number of aryl methyl sites for hydroxylation is 1. The molecule has 1 aliphatic rings. The lowest BCUT2D eigenvalue weighted by atomic mass is 10.2. The molecule has 0 N–H and O–H groups in total. The molecule has 2 aromatic rings. The Morgan fingerprint density at radius 2 is 2.15 bits per heavy atom. The van der Waals surface area contributed by atoms with E-state index in [1.54, 1.807) is 0 Å². The third-order valence-corrected chi connectivity index (χ3v) is 5.41. The van der Waals surface area contributed by atoms with Gasteiger partial charge in [0.15, 0.2) is 20.7 Å². The van der Waals surface area contributed by atoms with E-state index in [2.05, 4.69) is 10.2 Å². The molecule has 0 amide bonds. The van der Waals surface area contributed by atoms with Crippen molar-refractivity contribution in [1.29, 1.82) is 5.26 Å². The van der Waals surface area contributed by atoms with Gasteiger partial charge < -0.3 is 9.47 Å². The van der Waals surface area contributed by atoms with Gasteiger partial charge in [-0.2, -0.15) is 15.5 Å². The van der Waals surface area contributed by atoms with Crippen LogP contribution >= 0.6 is 11.6 Å². The van der Waals surface area contributed by atoms with Crippen molar-refractivity contribution in [2.75, 3.05) is 12.9 Å². The van der Waals surface area contributed by atoms with E-state index in [4.69, 9.17) is 21.1 Å². The minimum atomic E-state index is -3.60. The predicted octanol–water partition coefficient (Wildman–Crippen LogP) is 1.99. The Labute approximate surface area is 157 Å². The van der Waals surface area contributed by atoms with Crippen LogP contribution in [0.5, 0.6) is 0 Å². The zero-order valence-electron chi connectivity index (χ0n) is 13.8. The summed E-state index contributed by atoms with van der Waals surface area (Å²) in [6, 6.07) is 2.03. The van der Waals surface area contributed by atoms with E-state index in [0.29, 0.717) is 12.3 Å². The lowest BCUT2D eigenvalue weighted by Crippen LogP contribution is -2.27. The lowest BCUT2D eigenvalue weighted by Gasteiger charge is -2.28. The Morgan fingerprint density at radius 1 is 1.46 bits per heavy atom. The van der Waals surface area contributed by atoms with Crippen LogP contribution in [0.1, 0.15) is 38.3 Å². The Balaban J connectivity index is 0.00000243. The topological polar surface area (TPSA) is 112 Å². The summed E-state index contributed by atoms with van der Waals surface area (Å²) in [5.74, 6) is 0.0894. The number of ether oxygens (including phenoxy) is 2. The molecule has 0 radical (unpaired) electrons. The number of rotatable bonds is 3. The molecule has 1 aliphatic heterocycles. The van der Waals surface area contributed by atoms with Crippen LogP contribution in [0.25, 0.3) is 5.82 Å². The van der Waals surface area contributed by atoms with Crippen molar-refractivity contribution in [2.45, 2.75) is 38.2 Å². The van der Waals surface area contributed by atoms with Gasteiger partial charge in [0.05, 0.1) is 24.5 Å². The molecule has 2 unspecified atom stereocenters. The van der Waals surface area contributed by atoms with Crippen molar-refractivity contribution < 1.29 is 17.9 Å². The summed E-state index contributed by atoms with van der Waals surface area (Å²) in [4.78, 5) is 0. The minimum absolute atomic E-state index is 0. The maximum absolute atomic E-state index is 11.9. The van der Waals surface area contributed by atoms with E-state index in [9.17, 15) is 13.7 Å². The van der Waals surface area contributed by atoms with Crippen LogP contribution < -0.4 is 0 Å². The van der Waals surface area contributed by atoms with Gasteiger partial charge in [0.25, 0.3) is 0 Å². The van der Waals surface area contributed by atoms with E-state index < -0.39 is 16.1 Å². The van der Waals surface area contributed by atoms with E-state index >= 15 is 0 Å². The molecule has 0 aromatic carbocycles. The number of sulfone groups is 1. The summed E-state index contributed by atoms with van der Waals surface area (Å²) >= 11 is 6.25. The average Bonchev–Trinajstić information content (AvgIpc) is 3.06. The highest BCUT2D eigenvalue weighted by atomic mass is 35.5. The van der Waals surface area contributed by atoms with Crippen molar-refractivity contribution in [3.05, 3.63) is 22.5 Å². The van der Waals surface area contributed by atoms with Gasteiger partial charge in [-0.3, -0.25) is 4.68 Å². The fraction of sp³-hybridized carbons (Fsp3) is 0.533. The van der Waals surface area contributed by atoms with Crippen LogP contribution in [-0.4, -0.2) is 46.9 Å². The Kier molecular flexibility index (Phi) is 5.77. The number of hydrogen-bond acceptors (Lipinski definition) is 7. The smallest absolute Gasteiger partial charge is 0.202 e. The van der Waals surface area contributed by atoms with Crippen LogP contribution in [-0.2, 0) is 26.4 Å². The number of hydrogen-bond donors (Lipinski definition) is 0. The molecule has 3 heterocycles. The number of nitriles is 1. The second kappa shape index (κ2) is 7.36.